The van der Waals surface area contributed by atoms with Crippen LogP contribution < -0.4 is 10.6 Å². The second-order valence-corrected chi connectivity index (χ2v) is 6.73. The molecular weight excluding hydrogens is 331 g/mol. The number of carbonyl (C=O) groups excluding carboxylic acids is 1. The molecule has 1 aliphatic rings. The Bertz CT molecular complexity index is 536. The number of likely N-dealkylation sites (N-methyl/N-ethyl adjacent to an activating group) is 1. The van der Waals surface area contributed by atoms with Crippen molar-refractivity contribution in [2.75, 3.05) is 20.1 Å². The van der Waals surface area contributed by atoms with Gasteiger partial charge in [-0.3, -0.25) is 0 Å². The van der Waals surface area contributed by atoms with Gasteiger partial charge in [0.1, 0.15) is 0 Å². The van der Waals surface area contributed by atoms with E-state index in [-0.39, 0.29) is 18.9 Å². The Kier molecular flexibility index (Phi) is 7.11. The first kappa shape index (κ1) is 19.6. The second-order valence-electron chi connectivity index (χ2n) is 6.73. The maximum Gasteiger partial charge on any atom is 0.391 e. The lowest BCUT2D eigenvalue weighted by Crippen LogP contribution is -2.47. The highest BCUT2D eigenvalue weighted by atomic mass is 19.4. The zero-order valence-corrected chi connectivity index (χ0v) is 14.5. The van der Waals surface area contributed by atoms with E-state index in [0.29, 0.717) is 25.9 Å². The van der Waals surface area contributed by atoms with E-state index in [2.05, 4.69) is 15.5 Å². The van der Waals surface area contributed by atoms with E-state index in [0.717, 1.165) is 6.54 Å². The van der Waals surface area contributed by atoms with Crippen molar-refractivity contribution in [1.82, 2.24) is 15.5 Å². The molecule has 0 spiro atoms. The number of rotatable bonds is 6. The van der Waals surface area contributed by atoms with E-state index in [9.17, 15) is 18.0 Å². The van der Waals surface area contributed by atoms with Crippen molar-refractivity contribution in [2.45, 2.75) is 44.4 Å². The van der Waals surface area contributed by atoms with E-state index in [1.54, 1.807) is 0 Å². The summed E-state index contributed by atoms with van der Waals surface area (Å²) in [5, 5.41) is 5.40. The highest BCUT2D eigenvalue weighted by molar-refractivity contribution is 5.74. The molecular formula is C18H26F3N3O. The molecule has 2 N–H and O–H groups in total. The largest absolute Gasteiger partial charge is 0.391 e. The first-order valence-corrected chi connectivity index (χ1v) is 8.68. The minimum atomic E-state index is -4.17. The number of benzene rings is 1. The number of alkyl halides is 3. The van der Waals surface area contributed by atoms with Gasteiger partial charge in [-0.25, -0.2) is 4.79 Å². The lowest BCUT2D eigenvalue weighted by molar-refractivity contribution is -0.183. The van der Waals surface area contributed by atoms with E-state index >= 15 is 0 Å². The van der Waals surface area contributed by atoms with Crippen LogP contribution in [0.2, 0.25) is 0 Å². The topological polar surface area (TPSA) is 44.4 Å². The Labute approximate surface area is 146 Å². The molecule has 0 heterocycles. The lowest BCUT2D eigenvalue weighted by Gasteiger charge is -2.31. The zero-order chi connectivity index (χ0) is 18.3. The maximum absolute atomic E-state index is 12.8. The maximum atomic E-state index is 12.8. The molecule has 1 aromatic rings. The number of halogens is 3. The predicted molar refractivity (Wildman–Crippen MR) is 91.1 cm³/mol. The molecule has 1 aliphatic carbocycles. The highest BCUT2D eigenvalue weighted by Crippen LogP contribution is 2.37. The smallest absolute Gasteiger partial charge is 0.337 e. The van der Waals surface area contributed by atoms with Crippen LogP contribution >= 0.6 is 0 Å². The number of carbonyl (C=O) groups is 1. The third-order valence-corrected chi connectivity index (χ3v) is 4.55. The summed E-state index contributed by atoms with van der Waals surface area (Å²) in [4.78, 5) is 14.0. The van der Waals surface area contributed by atoms with Gasteiger partial charge in [0, 0.05) is 25.7 Å². The van der Waals surface area contributed by atoms with Gasteiger partial charge in [-0.1, -0.05) is 36.8 Å². The summed E-state index contributed by atoms with van der Waals surface area (Å²) in [6.45, 7) is 1.89. The molecule has 7 heteroatoms. The standard InChI is InChI=1S/C18H26F3N3O/c1-24(13-14-6-3-2-4-7-14)11-10-22-17(25)23-16-9-5-8-15(12-16)18(19,20)21/h2-4,6-7,15-16H,5,8-13H2,1H3,(H2,22,23,25)/t15-,16-/m1/s1. The molecule has 0 unspecified atom stereocenters. The molecule has 140 valence electrons. The van der Waals surface area contributed by atoms with Gasteiger partial charge in [0.05, 0.1) is 5.92 Å². The van der Waals surface area contributed by atoms with Gasteiger partial charge >= 0.3 is 12.2 Å². The highest BCUT2D eigenvalue weighted by Gasteiger charge is 2.42. The number of urea groups is 1. The molecule has 1 fully saturated rings. The van der Waals surface area contributed by atoms with Crippen LogP contribution in [-0.4, -0.2) is 43.3 Å². The van der Waals surface area contributed by atoms with Gasteiger partial charge in [-0.15, -0.1) is 0 Å². The van der Waals surface area contributed by atoms with Crippen LogP contribution in [0.1, 0.15) is 31.2 Å². The van der Waals surface area contributed by atoms with Crippen molar-refractivity contribution in [3.05, 3.63) is 35.9 Å². The van der Waals surface area contributed by atoms with Crippen molar-refractivity contribution in [3.63, 3.8) is 0 Å². The van der Waals surface area contributed by atoms with Crippen LogP contribution in [0.25, 0.3) is 0 Å². The molecule has 0 aromatic heterocycles. The van der Waals surface area contributed by atoms with Crippen LogP contribution in [0.3, 0.4) is 0 Å². The van der Waals surface area contributed by atoms with Gasteiger partial charge in [0.25, 0.3) is 0 Å². The molecule has 1 saturated carbocycles. The summed E-state index contributed by atoms with van der Waals surface area (Å²) in [6.07, 6.45) is -2.93. The second kappa shape index (κ2) is 9.08. The Morgan fingerprint density at radius 2 is 1.96 bits per heavy atom. The minimum absolute atomic E-state index is 0.0230. The van der Waals surface area contributed by atoms with Crippen LogP contribution in [0, 0.1) is 5.92 Å². The number of hydrogen-bond acceptors (Lipinski definition) is 2. The van der Waals surface area contributed by atoms with Crippen LogP contribution in [0.5, 0.6) is 0 Å². The van der Waals surface area contributed by atoms with Crippen molar-refractivity contribution < 1.29 is 18.0 Å². The predicted octanol–water partition coefficient (Wildman–Crippen LogP) is 3.54. The summed E-state index contributed by atoms with van der Waals surface area (Å²) in [6, 6.07) is 9.21. The fourth-order valence-corrected chi connectivity index (χ4v) is 3.19. The summed E-state index contributed by atoms with van der Waals surface area (Å²) in [7, 11) is 1.96. The minimum Gasteiger partial charge on any atom is -0.337 e. The normalized spacial score (nSPS) is 21.2. The number of hydrogen-bond donors (Lipinski definition) is 2. The van der Waals surface area contributed by atoms with Gasteiger partial charge in [0.15, 0.2) is 0 Å². The Morgan fingerprint density at radius 1 is 1.24 bits per heavy atom. The van der Waals surface area contributed by atoms with E-state index < -0.39 is 18.1 Å². The molecule has 1 aromatic carbocycles. The van der Waals surface area contributed by atoms with Gasteiger partial charge in [0.2, 0.25) is 0 Å². The van der Waals surface area contributed by atoms with Crippen LogP contribution in [0.4, 0.5) is 18.0 Å². The molecule has 0 aliphatic heterocycles. The molecule has 25 heavy (non-hydrogen) atoms. The molecule has 0 saturated heterocycles. The fourth-order valence-electron chi connectivity index (χ4n) is 3.19. The molecule has 2 atom stereocenters. The summed E-state index contributed by atoms with van der Waals surface area (Å²) in [5.41, 5.74) is 1.19. The average molecular weight is 357 g/mol. The van der Waals surface area contributed by atoms with E-state index in [1.807, 2.05) is 37.4 Å². The molecule has 0 bridgehead atoms. The summed E-state index contributed by atoms with van der Waals surface area (Å²) in [5.74, 6) is -1.30. The fraction of sp³-hybridized carbons (Fsp3) is 0.611. The number of amides is 2. The van der Waals surface area contributed by atoms with Crippen LogP contribution in [-0.2, 0) is 6.54 Å². The lowest BCUT2D eigenvalue weighted by atomic mass is 9.85. The molecule has 2 rings (SSSR count). The molecule has 0 radical (unpaired) electrons. The monoisotopic (exact) mass is 357 g/mol. The van der Waals surface area contributed by atoms with E-state index in [1.165, 1.54) is 5.56 Å². The van der Waals surface area contributed by atoms with Gasteiger partial charge < -0.3 is 15.5 Å². The number of nitrogens with one attached hydrogen (secondary N) is 2. The zero-order valence-electron chi connectivity index (χ0n) is 14.5. The van der Waals surface area contributed by atoms with Gasteiger partial charge in [-0.05, 0) is 31.9 Å². The first-order valence-electron chi connectivity index (χ1n) is 8.68. The number of nitrogens with zero attached hydrogens (tertiary/aromatic N) is 1. The third kappa shape index (κ3) is 6.94. The van der Waals surface area contributed by atoms with Crippen LogP contribution in [0.15, 0.2) is 30.3 Å². The van der Waals surface area contributed by atoms with E-state index in [4.69, 9.17) is 0 Å². The molecule has 2 amide bonds. The van der Waals surface area contributed by atoms with Crippen molar-refractivity contribution in [2.24, 2.45) is 5.92 Å². The van der Waals surface area contributed by atoms with Crippen molar-refractivity contribution in [3.8, 4) is 0 Å². The van der Waals surface area contributed by atoms with Crippen molar-refractivity contribution in [1.29, 1.82) is 0 Å². The summed E-state index contributed by atoms with van der Waals surface area (Å²) >= 11 is 0. The first-order chi connectivity index (χ1) is 11.8. The molecule has 4 nitrogen and oxygen atoms in total. The third-order valence-electron chi connectivity index (χ3n) is 4.55. The average Bonchev–Trinajstić information content (AvgIpc) is 2.55. The Balaban J connectivity index is 1.65. The van der Waals surface area contributed by atoms with Crippen molar-refractivity contribution >= 4 is 6.03 Å². The van der Waals surface area contributed by atoms with Gasteiger partial charge in [-0.2, -0.15) is 13.2 Å². The Morgan fingerprint density at radius 3 is 2.64 bits per heavy atom. The SMILES string of the molecule is CN(CCNC(=O)N[C@@H]1CCC[C@@H](C(F)(F)F)C1)Cc1ccccc1. The Hall–Kier alpha value is -1.76. The summed E-state index contributed by atoms with van der Waals surface area (Å²) < 4.78 is 38.4. The quantitative estimate of drug-likeness (QED) is 0.818.